The summed E-state index contributed by atoms with van der Waals surface area (Å²) in [6.07, 6.45) is 7.39. The summed E-state index contributed by atoms with van der Waals surface area (Å²) in [6.45, 7) is 4.13. The van der Waals surface area contributed by atoms with Crippen molar-refractivity contribution >= 4 is 0 Å². The average molecular weight is 314 g/mol. The Morgan fingerprint density at radius 3 is 2.43 bits per heavy atom. The van der Waals surface area contributed by atoms with E-state index in [0.717, 1.165) is 51.9 Å². The van der Waals surface area contributed by atoms with E-state index in [0.29, 0.717) is 5.92 Å². The monoisotopic (exact) mass is 314 g/mol. The third-order valence-corrected chi connectivity index (χ3v) is 4.89. The smallest absolute Gasteiger partial charge is 0.119 e. The summed E-state index contributed by atoms with van der Waals surface area (Å²) in [7, 11) is 0. The number of aromatic nitrogens is 3. The van der Waals surface area contributed by atoms with Gasteiger partial charge in [-0.3, -0.25) is 0 Å². The third-order valence-electron chi connectivity index (χ3n) is 4.89. The summed E-state index contributed by atoms with van der Waals surface area (Å²) in [6, 6.07) is 10.4. The lowest BCUT2D eigenvalue weighted by Crippen LogP contribution is -2.39. The van der Waals surface area contributed by atoms with Gasteiger partial charge in [0.25, 0.3) is 0 Å². The fourth-order valence-corrected chi connectivity index (χ4v) is 3.35. The van der Waals surface area contributed by atoms with E-state index in [1.54, 1.807) is 12.7 Å². The zero-order valence-corrected chi connectivity index (χ0v) is 13.6. The SMILES string of the molecule is O[C@H](CCc1ccccc1)C1CCN(CCn2cnnc2)CC1. The van der Waals surface area contributed by atoms with Crippen LogP contribution in [0, 0.1) is 5.92 Å². The van der Waals surface area contributed by atoms with Gasteiger partial charge in [-0.1, -0.05) is 30.3 Å². The van der Waals surface area contributed by atoms with Gasteiger partial charge >= 0.3 is 0 Å². The number of aliphatic hydroxyl groups is 1. The standard InChI is InChI=1S/C18H26N4O/c23-18(7-6-16-4-2-1-3-5-16)17-8-10-21(11-9-17)12-13-22-14-19-20-15-22/h1-5,14-15,17-18,23H,6-13H2/t18-/m1/s1. The number of nitrogens with zero attached hydrogens (tertiary/aromatic N) is 4. The third kappa shape index (κ3) is 4.88. The summed E-state index contributed by atoms with van der Waals surface area (Å²) in [5, 5.41) is 18.1. The highest BCUT2D eigenvalue weighted by Crippen LogP contribution is 2.23. The van der Waals surface area contributed by atoms with Crippen LogP contribution in [0.4, 0.5) is 0 Å². The van der Waals surface area contributed by atoms with Gasteiger partial charge in [-0.15, -0.1) is 10.2 Å². The van der Waals surface area contributed by atoms with E-state index in [9.17, 15) is 5.11 Å². The topological polar surface area (TPSA) is 54.2 Å². The molecule has 2 aromatic rings. The minimum absolute atomic E-state index is 0.171. The van der Waals surface area contributed by atoms with E-state index >= 15 is 0 Å². The molecule has 124 valence electrons. The summed E-state index contributed by atoms with van der Waals surface area (Å²) in [5.74, 6) is 0.449. The Hall–Kier alpha value is -1.72. The quantitative estimate of drug-likeness (QED) is 0.849. The van der Waals surface area contributed by atoms with Crippen LogP contribution in [-0.2, 0) is 13.0 Å². The number of aliphatic hydroxyl groups excluding tert-OH is 1. The number of rotatable bonds is 7. The lowest BCUT2D eigenvalue weighted by molar-refractivity contribution is 0.0530. The first-order chi connectivity index (χ1) is 11.3. The molecule has 0 saturated carbocycles. The van der Waals surface area contributed by atoms with Gasteiger partial charge in [0.15, 0.2) is 0 Å². The fourth-order valence-electron chi connectivity index (χ4n) is 3.35. The van der Waals surface area contributed by atoms with E-state index in [4.69, 9.17) is 0 Å². The molecule has 5 heteroatoms. The summed E-state index contributed by atoms with van der Waals surface area (Å²) < 4.78 is 2.01. The van der Waals surface area contributed by atoms with Crippen LogP contribution in [0.3, 0.4) is 0 Å². The zero-order chi connectivity index (χ0) is 15.9. The first-order valence-electron chi connectivity index (χ1n) is 8.58. The molecule has 1 aromatic heterocycles. The minimum Gasteiger partial charge on any atom is -0.393 e. The number of piperidine rings is 1. The molecule has 2 heterocycles. The van der Waals surface area contributed by atoms with E-state index in [2.05, 4.69) is 39.4 Å². The van der Waals surface area contributed by atoms with Gasteiger partial charge in [0, 0.05) is 13.1 Å². The highest BCUT2D eigenvalue weighted by molar-refractivity contribution is 5.14. The van der Waals surface area contributed by atoms with Gasteiger partial charge in [-0.2, -0.15) is 0 Å². The van der Waals surface area contributed by atoms with Gasteiger partial charge in [0.05, 0.1) is 6.10 Å². The van der Waals surface area contributed by atoms with Crippen LogP contribution in [0.1, 0.15) is 24.8 Å². The van der Waals surface area contributed by atoms with Crippen molar-refractivity contribution < 1.29 is 5.11 Å². The normalized spacial score (nSPS) is 18.1. The van der Waals surface area contributed by atoms with Crippen molar-refractivity contribution in [3.8, 4) is 0 Å². The van der Waals surface area contributed by atoms with Crippen LogP contribution in [-0.4, -0.2) is 50.5 Å². The molecule has 23 heavy (non-hydrogen) atoms. The van der Waals surface area contributed by atoms with E-state index in [1.807, 2.05) is 10.6 Å². The number of aryl methyl sites for hydroxylation is 1. The summed E-state index contributed by atoms with van der Waals surface area (Å²) in [4.78, 5) is 2.47. The lowest BCUT2D eigenvalue weighted by atomic mass is 9.88. The van der Waals surface area contributed by atoms with Crippen molar-refractivity contribution in [3.63, 3.8) is 0 Å². The van der Waals surface area contributed by atoms with E-state index in [-0.39, 0.29) is 6.10 Å². The van der Waals surface area contributed by atoms with E-state index in [1.165, 1.54) is 5.56 Å². The van der Waals surface area contributed by atoms with Gasteiger partial charge in [-0.25, -0.2) is 0 Å². The molecule has 0 radical (unpaired) electrons. The minimum atomic E-state index is -0.171. The number of benzene rings is 1. The number of hydrogen-bond acceptors (Lipinski definition) is 4. The van der Waals surface area contributed by atoms with Crippen LogP contribution in [0.2, 0.25) is 0 Å². The van der Waals surface area contributed by atoms with Gasteiger partial charge in [-0.05, 0) is 50.3 Å². The highest BCUT2D eigenvalue weighted by Gasteiger charge is 2.24. The predicted octanol–water partition coefficient (Wildman–Crippen LogP) is 1.98. The lowest BCUT2D eigenvalue weighted by Gasteiger charge is -2.34. The summed E-state index contributed by atoms with van der Waals surface area (Å²) >= 11 is 0. The molecule has 1 N–H and O–H groups in total. The molecule has 5 nitrogen and oxygen atoms in total. The Bertz CT molecular complexity index is 550. The number of likely N-dealkylation sites (tertiary alicyclic amines) is 1. The van der Waals surface area contributed by atoms with Crippen LogP contribution in [0.15, 0.2) is 43.0 Å². The Balaban J connectivity index is 1.36. The van der Waals surface area contributed by atoms with Gasteiger partial charge in [0.2, 0.25) is 0 Å². The molecule has 1 atom stereocenters. The highest BCUT2D eigenvalue weighted by atomic mass is 16.3. The van der Waals surface area contributed by atoms with Crippen LogP contribution in [0.5, 0.6) is 0 Å². The molecule has 1 saturated heterocycles. The Kier molecular flexibility index (Phi) is 5.77. The molecule has 1 fully saturated rings. The maximum atomic E-state index is 10.5. The molecule has 0 spiro atoms. The molecule has 1 aromatic carbocycles. The van der Waals surface area contributed by atoms with Crippen LogP contribution >= 0.6 is 0 Å². The van der Waals surface area contributed by atoms with Gasteiger partial charge in [0.1, 0.15) is 12.7 Å². The Morgan fingerprint density at radius 2 is 1.74 bits per heavy atom. The fraction of sp³-hybridized carbons (Fsp3) is 0.556. The second-order valence-electron chi connectivity index (χ2n) is 6.47. The average Bonchev–Trinajstić information content (AvgIpc) is 3.13. The van der Waals surface area contributed by atoms with Gasteiger partial charge < -0.3 is 14.6 Å². The molecule has 0 bridgehead atoms. The molecule has 0 aliphatic carbocycles. The molecular formula is C18H26N4O. The Morgan fingerprint density at radius 1 is 1.04 bits per heavy atom. The molecule has 0 amide bonds. The van der Waals surface area contributed by atoms with Crippen molar-refractivity contribution in [1.82, 2.24) is 19.7 Å². The first-order valence-corrected chi connectivity index (χ1v) is 8.58. The maximum Gasteiger partial charge on any atom is 0.119 e. The van der Waals surface area contributed by atoms with Crippen LogP contribution < -0.4 is 0 Å². The molecule has 3 rings (SSSR count). The Labute approximate surface area is 138 Å². The molecule has 0 unspecified atom stereocenters. The predicted molar refractivity (Wildman–Crippen MR) is 90.0 cm³/mol. The number of hydrogen-bond donors (Lipinski definition) is 1. The first kappa shape index (κ1) is 16.1. The second-order valence-corrected chi connectivity index (χ2v) is 6.47. The van der Waals surface area contributed by atoms with Crippen LogP contribution in [0.25, 0.3) is 0 Å². The largest absolute Gasteiger partial charge is 0.393 e. The molecule has 1 aliphatic heterocycles. The van der Waals surface area contributed by atoms with Crippen molar-refractivity contribution in [2.45, 2.75) is 38.3 Å². The van der Waals surface area contributed by atoms with Crippen molar-refractivity contribution in [2.75, 3.05) is 19.6 Å². The second kappa shape index (κ2) is 8.22. The van der Waals surface area contributed by atoms with Crippen molar-refractivity contribution in [2.24, 2.45) is 5.92 Å². The van der Waals surface area contributed by atoms with E-state index < -0.39 is 0 Å². The van der Waals surface area contributed by atoms with Crippen molar-refractivity contribution in [1.29, 1.82) is 0 Å². The molecule has 1 aliphatic rings. The zero-order valence-electron chi connectivity index (χ0n) is 13.6. The van der Waals surface area contributed by atoms with Crippen molar-refractivity contribution in [3.05, 3.63) is 48.5 Å². The summed E-state index contributed by atoms with van der Waals surface area (Å²) in [5.41, 5.74) is 1.32. The molecular weight excluding hydrogens is 288 g/mol. The maximum absolute atomic E-state index is 10.5.